The summed E-state index contributed by atoms with van der Waals surface area (Å²) in [5.74, 6) is -5.22. The van der Waals surface area contributed by atoms with Crippen LogP contribution >= 0.6 is 77.4 Å². The molecule has 0 unspecified atom stereocenters. The Labute approximate surface area is 678 Å². The number of halogens is 6. The van der Waals surface area contributed by atoms with Crippen molar-refractivity contribution in [3.05, 3.63) is 35.9 Å². The van der Waals surface area contributed by atoms with Gasteiger partial charge in [0.25, 0.3) is 5.91 Å². The van der Waals surface area contributed by atoms with Gasteiger partial charge in [0.15, 0.2) is 5.60 Å². The number of amides is 2. The van der Waals surface area contributed by atoms with Crippen LogP contribution in [0.2, 0.25) is 0 Å². The molecule has 0 radical (unpaired) electrons. The predicted octanol–water partition coefficient (Wildman–Crippen LogP) is 22.8. The van der Waals surface area contributed by atoms with Crippen molar-refractivity contribution in [1.29, 1.82) is 0 Å². The van der Waals surface area contributed by atoms with Crippen LogP contribution in [0.1, 0.15) is 349 Å². The molecule has 1 saturated heterocycles. The van der Waals surface area contributed by atoms with E-state index in [0.29, 0.717) is 32.1 Å². The maximum absolute atomic E-state index is 14.7. The van der Waals surface area contributed by atoms with E-state index < -0.39 is 132 Å². The first-order valence-electron chi connectivity index (χ1n) is 41.0. The highest BCUT2D eigenvalue weighted by Crippen LogP contribution is 2.45. The number of phosphoric ester groups is 1. The molecule has 0 saturated carbocycles. The Hall–Kier alpha value is -2.63. The molecule has 628 valence electrons. The molecule has 7 atom stereocenters. The van der Waals surface area contributed by atoms with Crippen LogP contribution in [0.15, 0.2) is 30.3 Å². The number of hydrogen-bond donors (Lipinski definition) is 4. The molecule has 0 aliphatic carbocycles. The van der Waals surface area contributed by atoms with Crippen molar-refractivity contribution < 1.29 is 90.3 Å². The van der Waals surface area contributed by atoms with E-state index in [1.807, 2.05) is 30.3 Å². The van der Waals surface area contributed by atoms with Crippen LogP contribution in [0, 0.1) is 0 Å². The summed E-state index contributed by atoms with van der Waals surface area (Å²) < 4.78 is 67.9. The molecular formula is C80H137Cl6N2O19P. The third kappa shape index (κ3) is 53.4. The molecule has 0 bridgehead atoms. The summed E-state index contributed by atoms with van der Waals surface area (Å²) >= 11 is 36.6. The highest BCUT2D eigenvalue weighted by atomic mass is 35.6. The van der Waals surface area contributed by atoms with Crippen LogP contribution in [0.4, 0.5) is 9.59 Å². The van der Waals surface area contributed by atoms with E-state index in [4.69, 9.17) is 117 Å². The molecule has 1 heterocycles. The fourth-order valence-electron chi connectivity index (χ4n) is 12.8. The fourth-order valence-corrected chi connectivity index (χ4v) is 13.7. The first-order chi connectivity index (χ1) is 51.5. The van der Waals surface area contributed by atoms with Crippen LogP contribution in [0.5, 0.6) is 0 Å². The number of unbranched alkanes of at least 4 members (excludes halogenated alkanes) is 36. The van der Waals surface area contributed by atoms with E-state index >= 15 is 0 Å². The Morgan fingerprint density at radius 1 is 0.556 bits per heavy atom. The Kier molecular flexibility index (Phi) is 57.2. The average molecular weight is 1670 g/mol. The topological polar surface area (TPSA) is 276 Å². The van der Waals surface area contributed by atoms with Crippen molar-refractivity contribution in [1.82, 2.24) is 10.6 Å². The first kappa shape index (κ1) is 101. The summed E-state index contributed by atoms with van der Waals surface area (Å²) in [6.07, 6.45) is 31.0. The minimum Gasteiger partial charge on any atom is -0.462 e. The molecule has 2 rings (SSSR count). The lowest BCUT2D eigenvalue weighted by Gasteiger charge is -2.47. The van der Waals surface area contributed by atoms with Gasteiger partial charge in [-0.25, -0.2) is 14.2 Å². The van der Waals surface area contributed by atoms with Gasteiger partial charge in [-0.2, -0.15) is 0 Å². The van der Waals surface area contributed by atoms with Crippen LogP contribution in [-0.2, 0) is 77.5 Å². The lowest BCUT2D eigenvalue weighted by Crippen LogP contribution is -2.66. The quantitative estimate of drug-likeness (QED) is 0.0118. The largest absolute Gasteiger partial charge is 0.509 e. The van der Waals surface area contributed by atoms with E-state index in [-0.39, 0.29) is 38.9 Å². The Morgan fingerprint density at radius 2 is 0.972 bits per heavy atom. The second-order valence-corrected chi connectivity index (χ2v) is 35.7. The molecule has 108 heavy (non-hydrogen) atoms. The summed E-state index contributed by atoms with van der Waals surface area (Å²) in [5, 5.41) is 5.41. The van der Waals surface area contributed by atoms with Crippen molar-refractivity contribution in [3.8, 4) is 0 Å². The van der Waals surface area contributed by atoms with Gasteiger partial charge in [-0.05, 0) is 57.9 Å². The minimum atomic E-state index is -5.66. The number of ether oxygens (including phenoxy) is 9. The SMILES string of the molecule is CCCCCCCCCCCCCC(=O)O[C@H](CCCCCCCCCCC)CC(=O)N[C@@H](COCc1ccccc1)CO[C@@]1(NC(=O)OCC(Cl)(Cl)Cl)C[C@@H](OC(=O)C[C@@H](CCCCCCCCCCC)OC(=O)CCCCCCCCCCCCC)[C@H](OP(=O)(O)O)[C@@H](COC(=O)OC(C)(C)C(Cl)(Cl)Cl)O1. The molecule has 1 fully saturated rings. The Bertz CT molecular complexity index is 2570. The molecule has 4 N–H and O–H groups in total. The number of carbonyl (C=O) groups excluding carboxylic acids is 6. The zero-order valence-corrected chi connectivity index (χ0v) is 71.6. The maximum Gasteiger partial charge on any atom is 0.509 e. The number of carbonyl (C=O) groups is 6. The lowest BCUT2D eigenvalue weighted by atomic mass is 9.98. The van der Waals surface area contributed by atoms with E-state index in [9.17, 15) is 43.1 Å². The zero-order valence-electron chi connectivity index (χ0n) is 66.2. The molecule has 2 amide bonds. The predicted molar refractivity (Wildman–Crippen MR) is 429 cm³/mol. The van der Waals surface area contributed by atoms with E-state index in [1.54, 1.807) is 0 Å². The van der Waals surface area contributed by atoms with E-state index in [0.717, 1.165) is 134 Å². The maximum atomic E-state index is 14.7. The van der Waals surface area contributed by atoms with Gasteiger partial charge in [-0.3, -0.25) is 29.0 Å². The summed E-state index contributed by atoms with van der Waals surface area (Å²) in [6.45, 7) is 8.52. The number of alkyl carbamates (subject to hydrolysis) is 1. The van der Waals surface area contributed by atoms with E-state index in [2.05, 4.69) is 38.3 Å². The molecule has 1 aromatic rings. The molecule has 28 heteroatoms. The Morgan fingerprint density at radius 3 is 1.39 bits per heavy atom. The van der Waals surface area contributed by atoms with Crippen molar-refractivity contribution in [2.75, 3.05) is 26.4 Å². The third-order valence-corrected chi connectivity index (χ3v) is 21.3. The van der Waals surface area contributed by atoms with Gasteiger partial charge in [0, 0.05) is 12.8 Å². The van der Waals surface area contributed by atoms with Crippen LogP contribution in [0.3, 0.4) is 0 Å². The molecule has 21 nitrogen and oxygen atoms in total. The number of hydrogen-bond acceptors (Lipinski definition) is 17. The minimum absolute atomic E-state index is 0.0488. The summed E-state index contributed by atoms with van der Waals surface area (Å²) in [4.78, 5) is 106. The number of rotatable bonds is 66. The van der Waals surface area contributed by atoms with Crippen molar-refractivity contribution in [2.45, 2.75) is 406 Å². The van der Waals surface area contributed by atoms with Crippen LogP contribution in [-0.4, -0.2) is 128 Å². The summed E-state index contributed by atoms with van der Waals surface area (Å²) in [7, 11) is -5.66. The van der Waals surface area contributed by atoms with Gasteiger partial charge >= 0.3 is 38.0 Å². The van der Waals surface area contributed by atoms with Crippen molar-refractivity contribution in [2.24, 2.45) is 0 Å². The summed E-state index contributed by atoms with van der Waals surface area (Å²) in [5.41, 5.74) is -1.08. The van der Waals surface area contributed by atoms with Gasteiger partial charge in [0.2, 0.25) is 13.5 Å². The monoisotopic (exact) mass is 1670 g/mol. The number of benzene rings is 1. The number of alkyl halides is 6. The fraction of sp³-hybridized carbons (Fsp3) is 0.850. The lowest BCUT2D eigenvalue weighted by molar-refractivity contribution is -0.333. The summed E-state index contributed by atoms with van der Waals surface area (Å²) in [6, 6.07) is 8.00. The number of nitrogens with one attached hydrogen (secondary N) is 2. The van der Waals surface area contributed by atoms with Crippen LogP contribution < -0.4 is 10.6 Å². The van der Waals surface area contributed by atoms with Gasteiger partial charge in [0.1, 0.15) is 43.7 Å². The van der Waals surface area contributed by atoms with E-state index in [1.165, 1.54) is 117 Å². The smallest absolute Gasteiger partial charge is 0.462 e. The van der Waals surface area contributed by atoms with Crippen molar-refractivity contribution in [3.63, 3.8) is 0 Å². The Balaban J connectivity index is 2.71. The average Bonchev–Trinajstić information content (AvgIpc) is 0.772. The number of esters is 3. The van der Waals surface area contributed by atoms with Crippen molar-refractivity contribution >= 4 is 113 Å². The molecule has 1 aliphatic heterocycles. The normalized spacial score (nSPS) is 17.1. The molecule has 1 aromatic carbocycles. The molecule has 1 aliphatic rings. The van der Waals surface area contributed by atoms with Gasteiger partial charge in [-0.1, -0.05) is 359 Å². The van der Waals surface area contributed by atoms with Gasteiger partial charge < -0.3 is 57.7 Å². The molecular weight excluding hydrogens is 1540 g/mol. The zero-order chi connectivity index (χ0) is 79.8. The first-order valence-corrected chi connectivity index (χ1v) is 44.8. The number of phosphoric acid groups is 1. The third-order valence-electron chi connectivity index (χ3n) is 19.1. The highest BCUT2D eigenvalue weighted by molar-refractivity contribution is 7.46. The standard InChI is InChI=1S/C80H137Cl6N2O19P/c1-7-11-15-19-23-27-29-33-37-41-48-54-71(90)102-66(52-46-39-35-31-25-21-17-13-9-3)56-70(89)87-65(60-98-59-64-50-44-43-45-51-64)61-101-79(88-75(93)100-63-78(81,82)83)58-68(74(107-108(95,96)97)69(105-79)62-99-76(94)106-77(5,6)80(84,85)86)104-73(92)57-67(53-47-40-36-32-26-22-18-14-10-4)103-72(91)55-49-42-38-34-30-28-24-20-16-12-8-2/h43-45,50-51,65-69,74H,7-42,46-49,52-63H2,1-6H3,(H,87,89)(H,88,93)(H2,95,96,97)/t65-,66+,67+,68+,69+,74-,79-/m0/s1. The van der Waals surface area contributed by atoms with Gasteiger partial charge in [-0.15, -0.1) is 0 Å². The van der Waals surface area contributed by atoms with Crippen LogP contribution in [0.25, 0.3) is 0 Å². The molecule has 0 aromatic heterocycles. The second-order valence-electron chi connectivity index (χ2n) is 29.7. The van der Waals surface area contributed by atoms with Gasteiger partial charge in [0.05, 0.1) is 45.1 Å². The highest BCUT2D eigenvalue weighted by Gasteiger charge is 2.55. The molecule has 0 spiro atoms. The second kappa shape index (κ2) is 60.9.